The van der Waals surface area contributed by atoms with E-state index in [0.29, 0.717) is 17.9 Å². The first-order chi connectivity index (χ1) is 9.58. The van der Waals surface area contributed by atoms with Gasteiger partial charge in [-0.3, -0.25) is 4.79 Å². The van der Waals surface area contributed by atoms with Crippen molar-refractivity contribution in [2.45, 2.75) is 39.3 Å². The Balaban J connectivity index is 1.81. The van der Waals surface area contributed by atoms with Crippen molar-refractivity contribution in [3.8, 4) is 0 Å². The first-order valence-corrected chi connectivity index (χ1v) is 7.39. The van der Waals surface area contributed by atoms with Gasteiger partial charge in [-0.1, -0.05) is 6.92 Å². The van der Waals surface area contributed by atoms with Gasteiger partial charge in [0.15, 0.2) is 0 Å². The molecule has 0 saturated carbocycles. The summed E-state index contributed by atoms with van der Waals surface area (Å²) in [4.78, 5) is 14.5. The largest absolute Gasteiger partial charge is 0.467 e. The van der Waals surface area contributed by atoms with Crippen LogP contribution in [0.25, 0.3) is 0 Å². The maximum absolute atomic E-state index is 12.1. The highest BCUT2D eigenvalue weighted by Gasteiger charge is 2.19. The SMILES string of the molecule is CC1CCCN(CC(C)NC(=O)c2coc(CN)c2)C1. The molecule has 2 unspecified atom stereocenters. The Kier molecular flexibility index (Phi) is 5.20. The molecule has 1 aliphatic heterocycles. The van der Waals surface area contributed by atoms with Crippen LogP contribution in [0.1, 0.15) is 42.8 Å². The van der Waals surface area contributed by atoms with Gasteiger partial charge >= 0.3 is 0 Å². The standard InChI is InChI=1S/C15H25N3O2/c1-11-4-3-5-18(8-11)9-12(2)17-15(19)13-6-14(7-16)20-10-13/h6,10-12H,3-5,7-9,16H2,1-2H3,(H,17,19). The summed E-state index contributed by atoms with van der Waals surface area (Å²) in [5, 5.41) is 3.01. The molecule has 3 N–H and O–H groups in total. The van der Waals surface area contributed by atoms with Gasteiger partial charge in [0.2, 0.25) is 0 Å². The summed E-state index contributed by atoms with van der Waals surface area (Å²) in [6.45, 7) is 7.80. The maximum Gasteiger partial charge on any atom is 0.254 e. The van der Waals surface area contributed by atoms with Crippen molar-refractivity contribution >= 4 is 5.91 Å². The maximum atomic E-state index is 12.1. The monoisotopic (exact) mass is 279 g/mol. The number of nitrogens with one attached hydrogen (secondary N) is 1. The zero-order valence-electron chi connectivity index (χ0n) is 12.4. The predicted molar refractivity (Wildman–Crippen MR) is 78.4 cm³/mol. The number of furan rings is 1. The molecule has 2 atom stereocenters. The van der Waals surface area contributed by atoms with Crippen LogP contribution in [0, 0.1) is 5.92 Å². The van der Waals surface area contributed by atoms with Gasteiger partial charge in [-0.25, -0.2) is 0 Å². The Labute approximate surface area is 120 Å². The molecule has 5 heteroatoms. The molecule has 20 heavy (non-hydrogen) atoms. The quantitative estimate of drug-likeness (QED) is 0.858. The fraction of sp³-hybridized carbons (Fsp3) is 0.667. The summed E-state index contributed by atoms with van der Waals surface area (Å²) in [6.07, 6.45) is 4.03. The number of hydrogen-bond acceptors (Lipinski definition) is 4. The van der Waals surface area contributed by atoms with Gasteiger partial charge in [-0.05, 0) is 38.3 Å². The minimum absolute atomic E-state index is 0.0917. The molecule has 0 bridgehead atoms. The van der Waals surface area contributed by atoms with E-state index in [1.54, 1.807) is 6.07 Å². The van der Waals surface area contributed by atoms with E-state index in [4.69, 9.17) is 10.2 Å². The number of nitrogens with two attached hydrogens (primary N) is 1. The zero-order valence-corrected chi connectivity index (χ0v) is 12.4. The van der Waals surface area contributed by atoms with Crippen molar-refractivity contribution in [2.24, 2.45) is 11.7 Å². The summed E-state index contributed by atoms with van der Waals surface area (Å²) in [5.41, 5.74) is 6.01. The fourth-order valence-electron chi connectivity index (χ4n) is 2.80. The number of hydrogen-bond donors (Lipinski definition) is 2. The molecule has 1 aromatic heterocycles. The van der Waals surface area contributed by atoms with Crippen molar-refractivity contribution in [2.75, 3.05) is 19.6 Å². The van der Waals surface area contributed by atoms with Gasteiger partial charge < -0.3 is 20.4 Å². The number of carbonyl (C=O) groups excluding carboxylic acids is 1. The third-order valence-electron chi connectivity index (χ3n) is 3.77. The first-order valence-electron chi connectivity index (χ1n) is 7.39. The highest BCUT2D eigenvalue weighted by Crippen LogP contribution is 2.15. The molecule has 1 fully saturated rings. The van der Waals surface area contributed by atoms with Gasteiger partial charge in [-0.2, -0.15) is 0 Å². The number of amides is 1. The van der Waals surface area contributed by atoms with Gasteiger partial charge in [0.25, 0.3) is 5.91 Å². The Hall–Kier alpha value is -1.33. The highest BCUT2D eigenvalue weighted by molar-refractivity contribution is 5.94. The lowest BCUT2D eigenvalue weighted by Gasteiger charge is -2.32. The molecule has 0 spiro atoms. The number of rotatable bonds is 5. The summed E-state index contributed by atoms with van der Waals surface area (Å²) in [6, 6.07) is 1.83. The first kappa shape index (κ1) is 15.1. The zero-order chi connectivity index (χ0) is 14.5. The van der Waals surface area contributed by atoms with Gasteiger partial charge in [0, 0.05) is 19.1 Å². The van der Waals surface area contributed by atoms with Crippen LogP contribution in [0.2, 0.25) is 0 Å². The third-order valence-corrected chi connectivity index (χ3v) is 3.77. The highest BCUT2D eigenvalue weighted by atomic mass is 16.3. The summed E-state index contributed by atoms with van der Waals surface area (Å²) in [5.74, 6) is 1.30. The number of nitrogens with zero attached hydrogens (tertiary/aromatic N) is 1. The topological polar surface area (TPSA) is 71.5 Å². The fourth-order valence-corrected chi connectivity index (χ4v) is 2.80. The molecule has 1 saturated heterocycles. The molecule has 112 valence electrons. The van der Waals surface area contributed by atoms with Crippen molar-refractivity contribution in [1.82, 2.24) is 10.2 Å². The van der Waals surface area contributed by atoms with Crippen LogP contribution in [-0.2, 0) is 6.54 Å². The molecule has 2 rings (SSSR count). The van der Waals surface area contributed by atoms with Crippen LogP contribution in [0.5, 0.6) is 0 Å². The number of carbonyl (C=O) groups is 1. The van der Waals surface area contributed by atoms with Crippen LogP contribution in [0.4, 0.5) is 0 Å². The molecule has 0 radical (unpaired) electrons. The molecule has 0 aliphatic carbocycles. The van der Waals surface area contributed by atoms with E-state index in [1.807, 2.05) is 6.92 Å². The average Bonchev–Trinajstić information content (AvgIpc) is 2.87. The Morgan fingerprint density at radius 3 is 3.10 bits per heavy atom. The lowest BCUT2D eigenvalue weighted by Crippen LogP contribution is -2.45. The van der Waals surface area contributed by atoms with E-state index < -0.39 is 0 Å². The Morgan fingerprint density at radius 1 is 1.65 bits per heavy atom. The van der Waals surface area contributed by atoms with Gasteiger partial charge in [0.1, 0.15) is 12.0 Å². The predicted octanol–water partition coefficient (Wildman–Crippen LogP) is 1.59. The van der Waals surface area contributed by atoms with Crippen molar-refractivity contribution in [3.05, 3.63) is 23.7 Å². The lowest BCUT2D eigenvalue weighted by atomic mass is 10.00. The molecule has 5 nitrogen and oxygen atoms in total. The summed E-state index contributed by atoms with van der Waals surface area (Å²) < 4.78 is 5.18. The van der Waals surface area contributed by atoms with E-state index in [0.717, 1.165) is 25.6 Å². The molecule has 2 heterocycles. The number of likely N-dealkylation sites (tertiary alicyclic amines) is 1. The van der Waals surface area contributed by atoms with Crippen LogP contribution in [0.15, 0.2) is 16.7 Å². The van der Waals surface area contributed by atoms with Crippen LogP contribution >= 0.6 is 0 Å². The van der Waals surface area contributed by atoms with Crippen LogP contribution in [-0.4, -0.2) is 36.5 Å². The van der Waals surface area contributed by atoms with E-state index in [1.165, 1.54) is 19.1 Å². The van der Waals surface area contributed by atoms with Gasteiger partial charge in [0.05, 0.1) is 12.1 Å². The minimum Gasteiger partial charge on any atom is -0.467 e. The van der Waals surface area contributed by atoms with E-state index in [-0.39, 0.29) is 11.9 Å². The molecular formula is C15H25N3O2. The van der Waals surface area contributed by atoms with E-state index in [2.05, 4.69) is 17.1 Å². The second-order valence-corrected chi connectivity index (χ2v) is 5.89. The lowest BCUT2D eigenvalue weighted by molar-refractivity contribution is 0.0919. The Bertz CT molecular complexity index is 444. The molecule has 1 amide bonds. The minimum atomic E-state index is -0.0917. The molecule has 0 aromatic carbocycles. The van der Waals surface area contributed by atoms with E-state index in [9.17, 15) is 4.79 Å². The molecule has 1 aromatic rings. The molecular weight excluding hydrogens is 254 g/mol. The van der Waals surface area contributed by atoms with Crippen molar-refractivity contribution < 1.29 is 9.21 Å². The van der Waals surface area contributed by atoms with Crippen molar-refractivity contribution in [3.63, 3.8) is 0 Å². The Morgan fingerprint density at radius 2 is 2.45 bits per heavy atom. The number of piperidine rings is 1. The van der Waals surface area contributed by atoms with Crippen LogP contribution in [0.3, 0.4) is 0 Å². The third kappa shape index (κ3) is 4.08. The second kappa shape index (κ2) is 6.90. The average molecular weight is 279 g/mol. The smallest absolute Gasteiger partial charge is 0.254 e. The van der Waals surface area contributed by atoms with Crippen LogP contribution < -0.4 is 11.1 Å². The normalized spacial score (nSPS) is 21.6. The van der Waals surface area contributed by atoms with E-state index >= 15 is 0 Å². The summed E-state index contributed by atoms with van der Waals surface area (Å²) >= 11 is 0. The molecule has 1 aliphatic rings. The summed E-state index contributed by atoms with van der Waals surface area (Å²) in [7, 11) is 0. The second-order valence-electron chi connectivity index (χ2n) is 5.89. The van der Waals surface area contributed by atoms with Gasteiger partial charge in [-0.15, -0.1) is 0 Å². The van der Waals surface area contributed by atoms with Crippen molar-refractivity contribution in [1.29, 1.82) is 0 Å².